The van der Waals surface area contributed by atoms with E-state index in [9.17, 15) is 8.42 Å². The molecule has 5 nitrogen and oxygen atoms in total. The Bertz CT molecular complexity index is 693. The Kier molecular flexibility index (Phi) is 5.00. The number of rotatable bonds is 6. The van der Waals surface area contributed by atoms with Crippen LogP contribution in [-0.4, -0.2) is 15.5 Å². The van der Waals surface area contributed by atoms with Crippen LogP contribution in [0.25, 0.3) is 0 Å². The molecule has 0 fully saturated rings. The Morgan fingerprint density at radius 1 is 1.29 bits per heavy atom. The van der Waals surface area contributed by atoms with Crippen LogP contribution < -0.4 is 15.2 Å². The summed E-state index contributed by atoms with van der Waals surface area (Å²) in [6.07, 6.45) is 0. The molecule has 0 bridgehead atoms. The van der Waals surface area contributed by atoms with Gasteiger partial charge in [0, 0.05) is 17.5 Å². The SMILES string of the molecule is COc1ccc(C(C)NS(=O)(=O)c2ccsc2CN)cc1. The first-order chi connectivity index (χ1) is 9.97. The molecule has 114 valence electrons. The molecule has 1 aromatic heterocycles. The lowest BCUT2D eigenvalue weighted by atomic mass is 10.1. The first-order valence-electron chi connectivity index (χ1n) is 6.40. The fourth-order valence-electron chi connectivity index (χ4n) is 1.97. The predicted molar refractivity (Wildman–Crippen MR) is 83.9 cm³/mol. The van der Waals surface area contributed by atoms with Crippen LogP contribution in [0.15, 0.2) is 40.6 Å². The van der Waals surface area contributed by atoms with Gasteiger partial charge in [-0.2, -0.15) is 0 Å². The van der Waals surface area contributed by atoms with Crippen molar-refractivity contribution in [2.45, 2.75) is 24.4 Å². The molecule has 2 rings (SSSR count). The Labute approximate surface area is 128 Å². The zero-order chi connectivity index (χ0) is 15.5. The summed E-state index contributed by atoms with van der Waals surface area (Å²) in [6.45, 7) is 2.01. The van der Waals surface area contributed by atoms with E-state index < -0.39 is 10.0 Å². The van der Waals surface area contributed by atoms with E-state index in [0.717, 1.165) is 11.3 Å². The van der Waals surface area contributed by atoms with Crippen molar-refractivity contribution >= 4 is 21.4 Å². The van der Waals surface area contributed by atoms with Crippen molar-refractivity contribution < 1.29 is 13.2 Å². The molecule has 0 amide bonds. The number of hydrogen-bond donors (Lipinski definition) is 2. The summed E-state index contributed by atoms with van der Waals surface area (Å²) in [4.78, 5) is 0.916. The Hall–Kier alpha value is -1.41. The summed E-state index contributed by atoms with van der Waals surface area (Å²) in [5.41, 5.74) is 6.43. The van der Waals surface area contributed by atoms with Gasteiger partial charge in [0.2, 0.25) is 10.0 Å². The van der Waals surface area contributed by atoms with Gasteiger partial charge in [-0.05, 0) is 36.1 Å². The maximum atomic E-state index is 12.4. The second kappa shape index (κ2) is 6.57. The lowest BCUT2D eigenvalue weighted by Gasteiger charge is -2.15. The predicted octanol–water partition coefficient (Wildman–Crippen LogP) is 2.25. The molecule has 2 aromatic rings. The second-order valence-electron chi connectivity index (χ2n) is 4.53. The van der Waals surface area contributed by atoms with Crippen molar-refractivity contribution in [3.05, 3.63) is 46.2 Å². The van der Waals surface area contributed by atoms with Gasteiger partial charge in [-0.15, -0.1) is 11.3 Å². The molecule has 0 saturated heterocycles. The van der Waals surface area contributed by atoms with Crippen LogP contribution in [0.4, 0.5) is 0 Å². The first-order valence-corrected chi connectivity index (χ1v) is 8.77. The zero-order valence-electron chi connectivity index (χ0n) is 11.9. The third kappa shape index (κ3) is 3.62. The highest BCUT2D eigenvalue weighted by atomic mass is 32.2. The van der Waals surface area contributed by atoms with Crippen molar-refractivity contribution in [1.82, 2.24) is 4.72 Å². The molecule has 7 heteroatoms. The molecule has 0 radical (unpaired) electrons. The van der Waals surface area contributed by atoms with Gasteiger partial charge in [0.25, 0.3) is 0 Å². The molecule has 1 atom stereocenters. The zero-order valence-corrected chi connectivity index (χ0v) is 13.5. The van der Waals surface area contributed by atoms with E-state index in [1.165, 1.54) is 11.3 Å². The minimum Gasteiger partial charge on any atom is -0.497 e. The number of nitrogens with one attached hydrogen (secondary N) is 1. The third-order valence-corrected chi connectivity index (χ3v) is 5.83. The van der Waals surface area contributed by atoms with Crippen molar-refractivity contribution in [2.75, 3.05) is 7.11 Å². The molecule has 0 aliphatic carbocycles. The van der Waals surface area contributed by atoms with Crippen molar-refractivity contribution in [2.24, 2.45) is 5.73 Å². The van der Waals surface area contributed by atoms with Gasteiger partial charge in [-0.1, -0.05) is 12.1 Å². The normalized spacial score (nSPS) is 13.1. The number of thiophene rings is 1. The van der Waals surface area contributed by atoms with Gasteiger partial charge >= 0.3 is 0 Å². The number of ether oxygens (including phenoxy) is 1. The summed E-state index contributed by atoms with van der Waals surface area (Å²) in [6, 6.07) is 8.51. The van der Waals surface area contributed by atoms with Crippen LogP contribution in [0.2, 0.25) is 0 Å². The maximum Gasteiger partial charge on any atom is 0.242 e. The van der Waals surface area contributed by atoms with Crippen LogP contribution >= 0.6 is 11.3 Å². The Balaban J connectivity index is 2.19. The minimum absolute atomic E-state index is 0.213. The molecular weight excluding hydrogens is 308 g/mol. The highest BCUT2D eigenvalue weighted by Crippen LogP contribution is 2.24. The van der Waals surface area contributed by atoms with E-state index in [-0.39, 0.29) is 17.5 Å². The number of benzene rings is 1. The molecule has 1 aromatic carbocycles. The standard InChI is InChI=1S/C14H18N2O3S2/c1-10(11-3-5-12(19-2)6-4-11)16-21(17,18)14-7-8-20-13(14)9-15/h3-8,10,16H,9,15H2,1-2H3. The molecule has 1 unspecified atom stereocenters. The van der Waals surface area contributed by atoms with Gasteiger partial charge in [0.05, 0.1) is 12.0 Å². The van der Waals surface area contributed by atoms with Crippen LogP contribution in [0, 0.1) is 0 Å². The van der Waals surface area contributed by atoms with Gasteiger partial charge < -0.3 is 10.5 Å². The summed E-state index contributed by atoms with van der Waals surface area (Å²) >= 11 is 1.34. The lowest BCUT2D eigenvalue weighted by molar-refractivity contribution is 0.414. The van der Waals surface area contributed by atoms with Crippen LogP contribution in [0.1, 0.15) is 23.4 Å². The monoisotopic (exact) mass is 326 g/mol. The van der Waals surface area contributed by atoms with E-state index in [1.54, 1.807) is 37.6 Å². The number of nitrogens with two attached hydrogens (primary N) is 1. The quantitative estimate of drug-likeness (QED) is 0.853. The largest absolute Gasteiger partial charge is 0.497 e. The van der Waals surface area contributed by atoms with E-state index in [2.05, 4.69) is 4.72 Å². The molecule has 0 spiro atoms. The number of hydrogen-bond acceptors (Lipinski definition) is 5. The van der Waals surface area contributed by atoms with Crippen molar-refractivity contribution in [3.63, 3.8) is 0 Å². The van der Waals surface area contributed by atoms with E-state index in [1.807, 2.05) is 12.1 Å². The molecule has 21 heavy (non-hydrogen) atoms. The van der Waals surface area contributed by atoms with E-state index in [4.69, 9.17) is 10.5 Å². The second-order valence-corrected chi connectivity index (χ2v) is 7.21. The summed E-state index contributed by atoms with van der Waals surface area (Å²) in [7, 11) is -1.98. The van der Waals surface area contributed by atoms with Crippen molar-refractivity contribution in [3.8, 4) is 5.75 Å². The highest BCUT2D eigenvalue weighted by molar-refractivity contribution is 7.89. The average Bonchev–Trinajstić information content (AvgIpc) is 2.96. The van der Waals surface area contributed by atoms with Gasteiger partial charge in [-0.25, -0.2) is 13.1 Å². The Morgan fingerprint density at radius 2 is 1.95 bits per heavy atom. The lowest BCUT2D eigenvalue weighted by Crippen LogP contribution is -2.27. The van der Waals surface area contributed by atoms with Crippen LogP contribution in [0.3, 0.4) is 0 Å². The smallest absolute Gasteiger partial charge is 0.242 e. The number of methoxy groups -OCH3 is 1. The maximum absolute atomic E-state index is 12.4. The molecular formula is C14H18N2O3S2. The van der Waals surface area contributed by atoms with Gasteiger partial charge in [0.15, 0.2) is 0 Å². The summed E-state index contributed by atoms with van der Waals surface area (Å²) in [5, 5.41) is 1.73. The molecule has 0 aliphatic rings. The number of sulfonamides is 1. The fourth-order valence-corrected chi connectivity index (χ4v) is 4.54. The van der Waals surface area contributed by atoms with Gasteiger partial charge in [-0.3, -0.25) is 0 Å². The molecule has 0 aliphatic heterocycles. The van der Waals surface area contributed by atoms with Crippen molar-refractivity contribution in [1.29, 1.82) is 0 Å². The van der Waals surface area contributed by atoms with E-state index >= 15 is 0 Å². The molecule has 1 heterocycles. The molecule has 3 N–H and O–H groups in total. The summed E-state index contributed by atoms with van der Waals surface area (Å²) in [5.74, 6) is 0.733. The van der Waals surface area contributed by atoms with E-state index in [0.29, 0.717) is 4.88 Å². The van der Waals surface area contributed by atoms with Crippen LogP contribution in [-0.2, 0) is 16.6 Å². The Morgan fingerprint density at radius 3 is 2.52 bits per heavy atom. The third-order valence-electron chi connectivity index (χ3n) is 3.13. The summed E-state index contributed by atoms with van der Waals surface area (Å²) < 4.78 is 32.5. The molecule has 0 saturated carbocycles. The minimum atomic E-state index is -3.57. The average molecular weight is 326 g/mol. The fraction of sp³-hybridized carbons (Fsp3) is 0.286. The van der Waals surface area contributed by atoms with Gasteiger partial charge in [0.1, 0.15) is 5.75 Å². The first kappa shape index (κ1) is 16.0. The van der Waals surface area contributed by atoms with Crippen LogP contribution in [0.5, 0.6) is 5.75 Å². The topological polar surface area (TPSA) is 81.4 Å². The highest BCUT2D eigenvalue weighted by Gasteiger charge is 2.22.